The van der Waals surface area contributed by atoms with Crippen LogP contribution in [0.25, 0.3) is 0 Å². The van der Waals surface area contributed by atoms with Crippen LogP contribution in [0.2, 0.25) is 0 Å². The van der Waals surface area contributed by atoms with E-state index in [2.05, 4.69) is 10.2 Å². The summed E-state index contributed by atoms with van der Waals surface area (Å²) in [6.07, 6.45) is 3.16. The molecule has 3 rings (SSSR count). The average Bonchev–Trinajstić information content (AvgIpc) is 2.87. The molecule has 0 bridgehead atoms. The number of halogens is 1. The van der Waals surface area contributed by atoms with Crippen LogP contribution in [0.5, 0.6) is 0 Å². The number of carbonyl (C=O) groups excluding carboxylic acids is 2. The first-order valence-corrected chi connectivity index (χ1v) is 13.1. The van der Waals surface area contributed by atoms with E-state index in [1.165, 1.54) is 6.07 Å². The third-order valence-corrected chi connectivity index (χ3v) is 7.42. The van der Waals surface area contributed by atoms with Crippen molar-refractivity contribution in [3.05, 3.63) is 59.9 Å². The van der Waals surface area contributed by atoms with E-state index in [0.717, 1.165) is 31.2 Å². The van der Waals surface area contributed by atoms with Gasteiger partial charge in [-0.2, -0.15) is 0 Å². The molecule has 0 unspecified atom stereocenters. The van der Waals surface area contributed by atoms with Gasteiger partial charge in [-0.05, 0) is 69.2 Å². The first-order chi connectivity index (χ1) is 16.9. The lowest BCUT2D eigenvalue weighted by molar-refractivity contribution is -0.134. The van der Waals surface area contributed by atoms with E-state index in [1.54, 1.807) is 12.1 Å². The number of likely N-dealkylation sites (N-methyl/N-ethyl adjacent to an activating group) is 1. The quantitative estimate of drug-likeness (QED) is 0.448. The highest BCUT2D eigenvalue weighted by Gasteiger charge is 2.35. The van der Waals surface area contributed by atoms with Crippen LogP contribution < -0.4 is 10.2 Å². The largest absolute Gasteiger partial charge is 0.369 e. The van der Waals surface area contributed by atoms with Gasteiger partial charge in [0.15, 0.2) is 0 Å². The van der Waals surface area contributed by atoms with Crippen molar-refractivity contribution in [2.75, 3.05) is 36.4 Å². The van der Waals surface area contributed by atoms with Crippen LogP contribution >= 0.6 is 0 Å². The van der Waals surface area contributed by atoms with Gasteiger partial charge in [0.25, 0.3) is 0 Å². The maximum atomic E-state index is 15.0. The maximum absolute atomic E-state index is 15.0. The molecule has 35 heavy (non-hydrogen) atoms. The Kier molecular flexibility index (Phi) is 9.70. The number of rotatable bonds is 10. The van der Waals surface area contributed by atoms with Crippen LogP contribution in [0, 0.1) is 17.7 Å². The van der Waals surface area contributed by atoms with E-state index in [4.69, 9.17) is 0 Å². The van der Waals surface area contributed by atoms with E-state index in [-0.39, 0.29) is 35.4 Å². The van der Waals surface area contributed by atoms with Crippen LogP contribution in [0.15, 0.2) is 48.5 Å². The molecule has 1 atom stereocenters. The molecule has 6 heteroatoms. The molecule has 0 aromatic heterocycles. The Labute approximate surface area is 209 Å². The van der Waals surface area contributed by atoms with Gasteiger partial charge in [-0.3, -0.25) is 9.59 Å². The van der Waals surface area contributed by atoms with Crippen molar-refractivity contribution < 1.29 is 14.0 Å². The molecule has 1 aliphatic rings. The second-order valence-electron chi connectivity index (χ2n) is 9.39. The summed E-state index contributed by atoms with van der Waals surface area (Å²) in [7, 11) is 0. The molecule has 1 saturated heterocycles. The number of nitrogens with one attached hydrogen (secondary N) is 1. The van der Waals surface area contributed by atoms with Crippen LogP contribution in [0.4, 0.5) is 15.8 Å². The van der Waals surface area contributed by atoms with Gasteiger partial charge >= 0.3 is 0 Å². The van der Waals surface area contributed by atoms with Crippen molar-refractivity contribution in [1.82, 2.24) is 4.90 Å². The van der Waals surface area contributed by atoms with Gasteiger partial charge in [-0.25, -0.2) is 4.39 Å². The fourth-order valence-corrected chi connectivity index (χ4v) is 5.23. The summed E-state index contributed by atoms with van der Waals surface area (Å²) in [5, 5.41) is 2.85. The number of anilines is 2. The summed E-state index contributed by atoms with van der Waals surface area (Å²) in [6, 6.07) is 15.0. The third-order valence-electron chi connectivity index (χ3n) is 7.42. The summed E-state index contributed by atoms with van der Waals surface area (Å²) in [5.74, 6) is -0.233. The number of amides is 2. The Hall–Kier alpha value is -2.89. The monoisotopic (exact) mass is 481 g/mol. The maximum Gasteiger partial charge on any atom is 0.230 e. The number of carbonyl (C=O) groups is 2. The Morgan fingerprint density at radius 2 is 1.63 bits per heavy atom. The van der Waals surface area contributed by atoms with Crippen LogP contribution in [0.3, 0.4) is 0 Å². The molecule has 0 aliphatic carbocycles. The zero-order valence-corrected chi connectivity index (χ0v) is 21.6. The van der Waals surface area contributed by atoms with Gasteiger partial charge in [0.2, 0.25) is 11.8 Å². The van der Waals surface area contributed by atoms with E-state index in [0.29, 0.717) is 37.6 Å². The lowest BCUT2D eigenvalue weighted by atomic mass is 9.79. The number of nitrogens with zero attached hydrogens (tertiary/aromatic N) is 2. The molecule has 2 amide bonds. The molecule has 2 aromatic rings. The van der Waals surface area contributed by atoms with Gasteiger partial charge in [0.05, 0.1) is 11.6 Å². The molecular formula is C29H40FN3O2. The average molecular weight is 482 g/mol. The third kappa shape index (κ3) is 6.41. The Morgan fingerprint density at radius 3 is 2.17 bits per heavy atom. The second-order valence-corrected chi connectivity index (χ2v) is 9.39. The minimum atomic E-state index is -0.329. The Bertz CT molecular complexity index is 965. The molecule has 1 aliphatic heterocycles. The predicted octanol–water partition coefficient (Wildman–Crippen LogP) is 6.07. The van der Waals surface area contributed by atoms with Gasteiger partial charge in [0.1, 0.15) is 5.82 Å². The first kappa shape index (κ1) is 26.7. The highest BCUT2D eigenvalue weighted by Crippen LogP contribution is 2.36. The summed E-state index contributed by atoms with van der Waals surface area (Å²) in [5.41, 5.74) is 2.11. The standard InChI is InChI=1S/C29H40FN3O2/c1-5-21(6-2)28(34)31-24-14-15-26(25(30)20-24)33-18-16-23(17-19-33)27(22-12-10-9-11-13-22)29(35)32(7-3)8-4/h9-15,20-21,23,27H,5-8,16-19H2,1-4H3,(H,31,34)/t27-/m0/s1. The summed E-state index contributed by atoms with van der Waals surface area (Å²) in [6.45, 7) is 10.8. The van der Waals surface area contributed by atoms with Crippen LogP contribution in [-0.4, -0.2) is 42.9 Å². The molecule has 1 fully saturated rings. The van der Waals surface area contributed by atoms with Crippen molar-refractivity contribution in [2.45, 2.75) is 59.3 Å². The molecule has 1 N–H and O–H groups in total. The molecule has 5 nitrogen and oxygen atoms in total. The number of hydrogen-bond acceptors (Lipinski definition) is 3. The number of piperidine rings is 1. The van der Waals surface area contributed by atoms with E-state index < -0.39 is 0 Å². The van der Waals surface area contributed by atoms with Crippen LogP contribution in [-0.2, 0) is 9.59 Å². The fraction of sp³-hybridized carbons (Fsp3) is 0.517. The van der Waals surface area contributed by atoms with Crippen molar-refractivity contribution in [3.8, 4) is 0 Å². The minimum absolute atomic E-state index is 0.0617. The summed E-state index contributed by atoms with van der Waals surface area (Å²) >= 11 is 0. The van der Waals surface area contributed by atoms with Gasteiger partial charge in [-0.1, -0.05) is 44.2 Å². The molecule has 1 heterocycles. The molecule has 2 aromatic carbocycles. The van der Waals surface area contributed by atoms with Crippen LogP contribution in [0.1, 0.15) is 64.9 Å². The topological polar surface area (TPSA) is 52.7 Å². The zero-order valence-electron chi connectivity index (χ0n) is 21.6. The molecular weight excluding hydrogens is 441 g/mol. The Morgan fingerprint density at radius 1 is 1.00 bits per heavy atom. The van der Waals surface area contributed by atoms with Crippen molar-refractivity contribution in [1.29, 1.82) is 0 Å². The number of benzene rings is 2. The van der Waals surface area contributed by atoms with Gasteiger partial charge in [0, 0.05) is 37.8 Å². The SMILES string of the molecule is CCC(CC)C(=O)Nc1ccc(N2CCC([C@@H](C(=O)N(CC)CC)c3ccccc3)CC2)c(F)c1. The fourth-order valence-electron chi connectivity index (χ4n) is 5.23. The van der Waals surface area contributed by atoms with Crippen molar-refractivity contribution in [2.24, 2.45) is 11.8 Å². The highest BCUT2D eigenvalue weighted by atomic mass is 19.1. The predicted molar refractivity (Wildman–Crippen MR) is 141 cm³/mol. The van der Waals surface area contributed by atoms with E-state index in [1.807, 2.05) is 62.9 Å². The smallest absolute Gasteiger partial charge is 0.230 e. The van der Waals surface area contributed by atoms with Gasteiger partial charge in [-0.15, -0.1) is 0 Å². The van der Waals surface area contributed by atoms with Crippen molar-refractivity contribution >= 4 is 23.2 Å². The molecule has 190 valence electrons. The minimum Gasteiger partial charge on any atom is -0.369 e. The lowest BCUT2D eigenvalue weighted by Gasteiger charge is -2.38. The Balaban J connectivity index is 1.71. The zero-order chi connectivity index (χ0) is 25.4. The summed E-state index contributed by atoms with van der Waals surface area (Å²) < 4.78 is 15.0. The molecule has 0 radical (unpaired) electrons. The number of hydrogen-bond donors (Lipinski definition) is 1. The first-order valence-electron chi connectivity index (χ1n) is 13.1. The molecule has 0 spiro atoms. The highest BCUT2D eigenvalue weighted by molar-refractivity contribution is 5.92. The van der Waals surface area contributed by atoms with E-state index in [9.17, 15) is 9.59 Å². The normalized spacial score (nSPS) is 15.2. The van der Waals surface area contributed by atoms with Crippen molar-refractivity contribution in [3.63, 3.8) is 0 Å². The summed E-state index contributed by atoms with van der Waals surface area (Å²) in [4.78, 5) is 29.8. The molecule has 0 saturated carbocycles. The second kappa shape index (κ2) is 12.7. The van der Waals surface area contributed by atoms with Gasteiger partial charge < -0.3 is 15.1 Å². The lowest BCUT2D eigenvalue weighted by Crippen LogP contribution is -2.42. The van der Waals surface area contributed by atoms with E-state index >= 15 is 4.39 Å².